The van der Waals surface area contributed by atoms with Crippen LogP contribution in [0.25, 0.3) is 0 Å². The van der Waals surface area contributed by atoms with E-state index in [2.05, 4.69) is 32.9 Å². The van der Waals surface area contributed by atoms with E-state index in [-0.39, 0.29) is 33.6 Å². The first-order valence-corrected chi connectivity index (χ1v) is 3.84. The van der Waals surface area contributed by atoms with Gasteiger partial charge in [0.1, 0.15) is 0 Å². The molecular weight excluding hydrogens is 235 g/mol. The smallest absolute Gasteiger partial charge is 0 e. The van der Waals surface area contributed by atoms with Crippen molar-refractivity contribution >= 4 is 0 Å². The van der Waals surface area contributed by atoms with E-state index in [0.29, 0.717) is 0 Å². The molecule has 1 rings (SSSR count). The largest absolute Gasteiger partial charge is 0.358 e. The molecule has 0 aromatic rings. The van der Waals surface area contributed by atoms with Gasteiger partial charge < -0.3 is 28.2 Å². The summed E-state index contributed by atoms with van der Waals surface area (Å²) in [5.74, 6) is 0. The van der Waals surface area contributed by atoms with Gasteiger partial charge in [0, 0.05) is 26.2 Å². The van der Waals surface area contributed by atoms with Gasteiger partial charge in [0.25, 0.3) is 0 Å². The van der Waals surface area contributed by atoms with Crippen molar-refractivity contribution in [1.29, 1.82) is 0 Å². The molecule has 0 saturated heterocycles. The summed E-state index contributed by atoms with van der Waals surface area (Å²) in [7, 11) is 0. The van der Waals surface area contributed by atoms with Crippen LogP contribution in [-0.2, 0) is 26.2 Å². The first-order valence-electron chi connectivity index (χ1n) is 3.84. The Balaban J connectivity index is -0.0000000239. The standard InChI is InChI=1S/C5H5.3C2H5.CH3.Zr/c1-2-4-5-3-1;3*1-2;;/h1-3H,4H2;3*1H2,2H3;1H3;/q5*-1;. The molecular formula is C12H23Zr-5. The molecule has 0 spiro atoms. The van der Waals surface area contributed by atoms with Crippen LogP contribution in [0.2, 0.25) is 0 Å². The maximum Gasteiger partial charge on any atom is 0 e. The molecule has 1 aliphatic carbocycles. The fraction of sp³-hybridized carbons (Fsp3) is 0.333. The van der Waals surface area contributed by atoms with Crippen LogP contribution in [0.4, 0.5) is 0 Å². The summed E-state index contributed by atoms with van der Waals surface area (Å²) in [6.45, 7) is 15.0. The van der Waals surface area contributed by atoms with Gasteiger partial charge in [-0.25, -0.2) is 12.2 Å². The monoisotopic (exact) mass is 257 g/mol. The van der Waals surface area contributed by atoms with Crippen molar-refractivity contribution in [1.82, 2.24) is 0 Å². The molecule has 1 heteroatoms. The molecule has 0 radical (unpaired) electrons. The Kier molecular flexibility index (Phi) is 125. The average Bonchev–Trinajstić information content (AvgIpc) is 2.71. The number of hydrogen-bond donors (Lipinski definition) is 0. The first kappa shape index (κ1) is 29.2. The van der Waals surface area contributed by atoms with Crippen LogP contribution < -0.4 is 0 Å². The van der Waals surface area contributed by atoms with E-state index in [9.17, 15) is 0 Å². The Morgan fingerprint density at radius 2 is 1.38 bits per heavy atom. The van der Waals surface area contributed by atoms with Crippen molar-refractivity contribution in [2.24, 2.45) is 0 Å². The van der Waals surface area contributed by atoms with E-state index in [0.717, 1.165) is 6.42 Å². The molecule has 0 unspecified atom stereocenters. The van der Waals surface area contributed by atoms with Gasteiger partial charge in [-0.1, -0.05) is 0 Å². The van der Waals surface area contributed by atoms with E-state index in [1.807, 2.05) is 12.2 Å². The zero-order valence-electron chi connectivity index (χ0n) is 9.56. The Morgan fingerprint density at radius 1 is 1.00 bits per heavy atom. The summed E-state index contributed by atoms with van der Waals surface area (Å²) < 4.78 is 0. The Labute approximate surface area is 106 Å². The Hall–Kier alpha value is 0.363. The molecule has 0 amide bonds. The van der Waals surface area contributed by atoms with Crippen LogP contribution in [-0.4, -0.2) is 0 Å². The molecule has 0 heterocycles. The predicted molar refractivity (Wildman–Crippen MR) is 61.1 cm³/mol. The second-order valence-electron chi connectivity index (χ2n) is 1.00. The maximum atomic E-state index is 3.25. The van der Waals surface area contributed by atoms with E-state index in [1.165, 1.54) is 0 Å². The summed E-state index contributed by atoms with van der Waals surface area (Å²) in [4.78, 5) is 0. The Morgan fingerprint density at radius 3 is 1.46 bits per heavy atom. The minimum absolute atomic E-state index is 0. The van der Waals surface area contributed by atoms with Crippen molar-refractivity contribution in [2.75, 3.05) is 0 Å². The SMILES string of the molecule is [C-]1=CC=CC1.[CH2-]C.[CH2-]C.[CH2-]C.[CH3-].[Zr]. The van der Waals surface area contributed by atoms with Gasteiger partial charge >= 0.3 is 0 Å². The van der Waals surface area contributed by atoms with Crippen molar-refractivity contribution < 1.29 is 26.2 Å². The molecule has 0 bridgehead atoms. The molecule has 80 valence electrons. The Bertz CT molecular complexity index is 63.2. The van der Waals surface area contributed by atoms with E-state index >= 15 is 0 Å². The van der Waals surface area contributed by atoms with Gasteiger partial charge in [0.05, 0.1) is 0 Å². The molecule has 0 N–H and O–H groups in total. The molecule has 13 heavy (non-hydrogen) atoms. The summed E-state index contributed by atoms with van der Waals surface area (Å²) in [5.41, 5.74) is 0. The molecule has 0 aromatic heterocycles. The third-order valence-electron chi connectivity index (χ3n) is 0.586. The topological polar surface area (TPSA) is 0 Å². The number of allylic oxidation sites excluding steroid dienone is 4. The third-order valence-corrected chi connectivity index (χ3v) is 0.586. The summed E-state index contributed by atoms with van der Waals surface area (Å²) in [6, 6.07) is 0. The number of hydrogen-bond acceptors (Lipinski definition) is 0. The minimum atomic E-state index is 0. The van der Waals surface area contributed by atoms with Crippen molar-refractivity contribution in [3.8, 4) is 0 Å². The van der Waals surface area contributed by atoms with Gasteiger partial charge in [0.15, 0.2) is 0 Å². The molecule has 0 fully saturated rings. The zero-order chi connectivity index (χ0) is 9.54. The van der Waals surface area contributed by atoms with E-state index in [4.69, 9.17) is 0 Å². The molecule has 0 nitrogen and oxygen atoms in total. The van der Waals surface area contributed by atoms with Gasteiger partial charge in [0.2, 0.25) is 0 Å². The molecule has 0 aromatic carbocycles. The van der Waals surface area contributed by atoms with Crippen LogP contribution >= 0.6 is 0 Å². The van der Waals surface area contributed by atoms with Crippen LogP contribution in [0.3, 0.4) is 0 Å². The first-order chi connectivity index (χ1) is 5.50. The fourth-order valence-electron chi connectivity index (χ4n) is 0.340. The predicted octanol–water partition coefficient (Wildman–Crippen LogP) is 4.27. The van der Waals surface area contributed by atoms with E-state index < -0.39 is 0 Å². The molecule has 1 aliphatic rings. The quantitative estimate of drug-likeness (QED) is 0.569. The van der Waals surface area contributed by atoms with Crippen molar-refractivity contribution in [3.63, 3.8) is 0 Å². The summed E-state index contributed by atoms with van der Waals surface area (Å²) in [5, 5.41) is 0. The van der Waals surface area contributed by atoms with Crippen molar-refractivity contribution in [2.45, 2.75) is 27.2 Å². The molecule has 0 saturated carbocycles. The molecule has 0 aliphatic heterocycles. The zero-order valence-corrected chi connectivity index (χ0v) is 12.0. The van der Waals surface area contributed by atoms with Gasteiger partial charge in [-0.3, -0.25) is 6.08 Å². The minimum Gasteiger partial charge on any atom is -0.358 e. The average molecular weight is 259 g/mol. The van der Waals surface area contributed by atoms with E-state index in [1.54, 1.807) is 20.8 Å². The third kappa shape index (κ3) is 46.2. The van der Waals surface area contributed by atoms with Crippen LogP contribution in [0.5, 0.6) is 0 Å². The van der Waals surface area contributed by atoms with Gasteiger partial charge in [-0.15, -0.1) is 6.42 Å². The normalized spacial score (nSPS) is 8.15. The van der Waals surface area contributed by atoms with Crippen LogP contribution in [0.15, 0.2) is 18.2 Å². The molecule has 0 atom stereocenters. The fourth-order valence-corrected chi connectivity index (χ4v) is 0.340. The van der Waals surface area contributed by atoms with Gasteiger partial charge in [-0.05, 0) is 0 Å². The van der Waals surface area contributed by atoms with Crippen LogP contribution in [0.1, 0.15) is 27.2 Å². The van der Waals surface area contributed by atoms with Gasteiger partial charge in [-0.2, -0.15) is 26.8 Å². The van der Waals surface area contributed by atoms with Crippen molar-refractivity contribution in [3.05, 3.63) is 52.5 Å². The summed E-state index contributed by atoms with van der Waals surface area (Å²) >= 11 is 0. The maximum absolute atomic E-state index is 3.25. The number of rotatable bonds is 0. The van der Waals surface area contributed by atoms with Crippen LogP contribution in [0, 0.1) is 34.3 Å². The second-order valence-corrected chi connectivity index (χ2v) is 1.00. The summed E-state index contributed by atoms with van der Waals surface area (Å²) in [6.07, 6.45) is 10.0. The second kappa shape index (κ2) is 55.5.